The lowest BCUT2D eigenvalue weighted by molar-refractivity contribution is -0.143. The first kappa shape index (κ1) is 10.4. The van der Waals surface area contributed by atoms with Crippen LogP contribution >= 0.6 is 0 Å². The van der Waals surface area contributed by atoms with E-state index in [2.05, 4.69) is 16.1 Å². The van der Waals surface area contributed by atoms with Crippen molar-refractivity contribution >= 4 is 11.8 Å². The molecule has 0 aromatic carbocycles. The number of carbonyl (C=O) groups is 2. The number of rotatable bonds is 2. The van der Waals surface area contributed by atoms with Crippen LogP contribution in [0.25, 0.3) is 0 Å². The lowest BCUT2D eigenvalue weighted by atomic mass is 9.86. The van der Waals surface area contributed by atoms with Crippen molar-refractivity contribution in [2.75, 3.05) is 7.11 Å². The Morgan fingerprint density at radius 1 is 1.20 bits per heavy atom. The van der Waals surface area contributed by atoms with Gasteiger partial charge in [0.2, 0.25) is 0 Å². The highest BCUT2D eigenvalue weighted by atomic mass is 16.6. The first-order valence-corrected chi connectivity index (χ1v) is 5.10. The summed E-state index contributed by atoms with van der Waals surface area (Å²) in [5.41, 5.74) is 2.88. The highest BCUT2D eigenvalue weighted by Gasteiger charge is 2.38. The van der Waals surface area contributed by atoms with Crippen molar-refractivity contribution in [3.63, 3.8) is 0 Å². The maximum absolute atomic E-state index is 11.1. The van der Waals surface area contributed by atoms with Crippen LogP contribution < -0.4 is 16.1 Å². The van der Waals surface area contributed by atoms with E-state index >= 15 is 0 Å². The molecule has 2 aliphatic rings. The molecule has 0 bridgehead atoms. The van der Waals surface area contributed by atoms with Gasteiger partial charge in [-0.05, 0) is 19.3 Å². The predicted octanol–water partition coefficient (Wildman–Crippen LogP) is -1.33. The molecular weight excluding hydrogens is 198 g/mol. The topological polar surface area (TPSA) is 79.5 Å². The molecule has 1 heterocycles. The number of nitrogens with one attached hydrogen (secondary N) is 3. The number of fused-ring (bicyclic) bond motifs is 1. The molecule has 6 heteroatoms. The molecule has 1 aliphatic carbocycles. The number of piperazine rings is 1. The second kappa shape index (κ2) is 4.16. The summed E-state index contributed by atoms with van der Waals surface area (Å²) in [6.45, 7) is 0. The summed E-state index contributed by atoms with van der Waals surface area (Å²) in [4.78, 5) is 27.1. The number of hydroxylamine groups is 1. The summed E-state index contributed by atoms with van der Waals surface area (Å²) in [6.07, 6.45) is 2.58. The summed E-state index contributed by atoms with van der Waals surface area (Å²) in [5.74, 6) is -1.05. The Morgan fingerprint density at radius 2 is 1.87 bits per heavy atom. The standard InChI is InChI=1S/C9H15N3O3/c1-15-12-5-2-3-6-7(4-5)11-9(14)8(13)10-6/h5-7,12H,2-4H2,1H3,(H,10,13)(H,11,14). The maximum Gasteiger partial charge on any atom is 0.309 e. The molecule has 0 aromatic rings. The van der Waals surface area contributed by atoms with Crippen molar-refractivity contribution in [1.29, 1.82) is 0 Å². The van der Waals surface area contributed by atoms with Gasteiger partial charge in [-0.25, -0.2) is 0 Å². The van der Waals surface area contributed by atoms with E-state index in [4.69, 9.17) is 4.84 Å². The van der Waals surface area contributed by atoms with Crippen LogP contribution in [-0.4, -0.2) is 37.0 Å². The van der Waals surface area contributed by atoms with E-state index in [9.17, 15) is 9.59 Å². The van der Waals surface area contributed by atoms with Crippen molar-refractivity contribution in [3.05, 3.63) is 0 Å². The van der Waals surface area contributed by atoms with Gasteiger partial charge in [0.1, 0.15) is 0 Å². The smallest absolute Gasteiger partial charge is 0.309 e. The molecule has 2 amide bonds. The Bertz CT molecular complexity index is 282. The summed E-state index contributed by atoms with van der Waals surface area (Å²) in [6, 6.07) is 0.341. The van der Waals surface area contributed by atoms with Gasteiger partial charge in [0, 0.05) is 12.1 Å². The van der Waals surface area contributed by atoms with Crippen LogP contribution in [0.5, 0.6) is 0 Å². The molecule has 84 valence electrons. The summed E-state index contributed by atoms with van der Waals surface area (Å²) in [5, 5.41) is 5.42. The summed E-state index contributed by atoms with van der Waals surface area (Å²) < 4.78 is 0. The highest BCUT2D eigenvalue weighted by molar-refractivity contribution is 6.35. The van der Waals surface area contributed by atoms with Gasteiger partial charge in [-0.15, -0.1) is 0 Å². The normalized spacial score (nSPS) is 35.4. The van der Waals surface area contributed by atoms with E-state index in [-0.39, 0.29) is 18.1 Å². The Labute approximate surface area is 87.7 Å². The number of carbonyl (C=O) groups excluding carboxylic acids is 2. The molecule has 15 heavy (non-hydrogen) atoms. The zero-order chi connectivity index (χ0) is 10.8. The monoisotopic (exact) mass is 213 g/mol. The molecule has 0 aromatic heterocycles. The largest absolute Gasteiger partial charge is 0.343 e. The van der Waals surface area contributed by atoms with Crippen molar-refractivity contribution in [2.45, 2.75) is 37.4 Å². The molecule has 0 spiro atoms. The Hall–Kier alpha value is -1.14. The predicted molar refractivity (Wildman–Crippen MR) is 51.6 cm³/mol. The van der Waals surface area contributed by atoms with Crippen molar-refractivity contribution < 1.29 is 14.4 Å². The van der Waals surface area contributed by atoms with Gasteiger partial charge in [-0.2, -0.15) is 5.48 Å². The fraction of sp³-hybridized carbons (Fsp3) is 0.778. The van der Waals surface area contributed by atoms with Crippen LogP contribution in [0.4, 0.5) is 0 Å². The van der Waals surface area contributed by atoms with E-state index in [1.807, 2.05) is 0 Å². The van der Waals surface area contributed by atoms with Crippen molar-refractivity contribution in [1.82, 2.24) is 16.1 Å². The van der Waals surface area contributed by atoms with Gasteiger partial charge in [-0.3, -0.25) is 9.59 Å². The van der Waals surface area contributed by atoms with Gasteiger partial charge < -0.3 is 15.5 Å². The molecule has 0 radical (unpaired) electrons. The van der Waals surface area contributed by atoms with Crippen LogP contribution in [0.1, 0.15) is 19.3 Å². The Balaban J connectivity index is 1.96. The van der Waals surface area contributed by atoms with Crippen LogP contribution in [0.3, 0.4) is 0 Å². The highest BCUT2D eigenvalue weighted by Crippen LogP contribution is 2.21. The zero-order valence-electron chi connectivity index (χ0n) is 8.58. The van der Waals surface area contributed by atoms with Crippen LogP contribution in [-0.2, 0) is 14.4 Å². The van der Waals surface area contributed by atoms with Crippen molar-refractivity contribution in [3.8, 4) is 0 Å². The van der Waals surface area contributed by atoms with E-state index in [1.54, 1.807) is 7.11 Å². The summed E-state index contributed by atoms with van der Waals surface area (Å²) in [7, 11) is 1.58. The van der Waals surface area contributed by atoms with E-state index in [1.165, 1.54) is 0 Å². The molecule has 2 rings (SSSR count). The van der Waals surface area contributed by atoms with Gasteiger partial charge in [0.15, 0.2) is 0 Å². The van der Waals surface area contributed by atoms with Gasteiger partial charge in [0.25, 0.3) is 0 Å². The van der Waals surface area contributed by atoms with Gasteiger partial charge in [-0.1, -0.05) is 0 Å². The second-order valence-electron chi connectivity index (χ2n) is 3.99. The third-order valence-corrected chi connectivity index (χ3v) is 2.97. The second-order valence-corrected chi connectivity index (χ2v) is 3.99. The fourth-order valence-electron chi connectivity index (χ4n) is 2.24. The molecule has 3 unspecified atom stereocenters. The van der Waals surface area contributed by atoms with Crippen LogP contribution in [0, 0.1) is 0 Å². The van der Waals surface area contributed by atoms with Crippen LogP contribution in [0.15, 0.2) is 0 Å². The minimum absolute atomic E-state index is 0.0246. The van der Waals surface area contributed by atoms with Gasteiger partial charge >= 0.3 is 11.8 Å². The number of hydrogen-bond acceptors (Lipinski definition) is 4. The van der Waals surface area contributed by atoms with Crippen molar-refractivity contribution in [2.24, 2.45) is 0 Å². The maximum atomic E-state index is 11.1. The molecule has 1 saturated heterocycles. The lowest BCUT2D eigenvalue weighted by Crippen LogP contribution is -2.64. The van der Waals surface area contributed by atoms with Crippen LogP contribution in [0.2, 0.25) is 0 Å². The average molecular weight is 213 g/mol. The molecule has 1 aliphatic heterocycles. The Kier molecular flexibility index (Phi) is 2.88. The third-order valence-electron chi connectivity index (χ3n) is 2.97. The molecule has 3 N–H and O–H groups in total. The fourth-order valence-corrected chi connectivity index (χ4v) is 2.24. The molecule has 3 atom stereocenters. The minimum Gasteiger partial charge on any atom is -0.343 e. The molecule has 6 nitrogen and oxygen atoms in total. The average Bonchev–Trinajstić information content (AvgIpc) is 2.21. The van der Waals surface area contributed by atoms with Gasteiger partial charge in [0.05, 0.1) is 13.2 Å². The number of amides is 2. The lowest BCUT2D eigenvalue weighted by Gasteiger charge is -2.39. The quantitative estimate of drug-likeness (QED) is 0.392. The van der Waals surface area contributed by atoms with E-state index < -0.39 is 11.8 Å². The molecular formula is C9H15N3O3. The van der Waals surface area contributed by atoms with E-state index in [0.29, 0.717) is 0 Å². The van der Waals surface area contributed by atoms with E-state index in [0.717, 1.165) is 19.3 Å². The number of hydrogen-bond donors (Lipinski definition) is 3. The Morgan fingerprint density at radius 3 is 2.53 bits per heavy atom. The molecule has 1 saturated carbocycles. The molecule has 2 fully saturated rings. The zero-order valence-corrected chi connectivity index (χ0v) is 8.58. The first-order chi connectivity index (χ1) is 7.20. The SMILES string of the molecule is CONC1CCC2NC(=O)C(=O)NC2C1. The summed E-state index contributed by atoms with van der Waals surface area (Å²) >= 11 is 0. The third kappa shape index (κ3) is 2.10. The minimum atomic E-state index is -0.533. The first-order valence-electron chi connectivity index (χ1n) is 5.10.